The quantitative estimate of drug-likeness (QED) is 0.613. The van der Waals surface area contributed by atoms with E-state index in [0.717, 1.165) is 10.1 Å². The minimum atomic E-state index is -3.78. The highest BCUT2D eigenvalue weighted by molar-refractivity contribution is 7.91. The SMILES string of the molecule is Cc1ccc(NC(=O)CCS(=O)(=O)c2ccc3c(c2)n(C)c(=O)c(=O)n3C)nc1. The second kappa shape index (κ2) is 7.63. The zero-order chi connectivity index (χ0) is 21.3. The number of pyridine rings is 1. The summed E-state index contributed by atoms with van der Waals surface area (Å²) in [5, 5.41) is 2.56. The minimum absolute atomic E-state index is 0.0279. The Hall–Kier alpha value is -3.27. The molecule has 152 valence electrons. The largest absolute Gasteiger partial charge is 0.316 e. The summed E-state index contributed by atoms with van der Waals surface area (Å²) in [7, 11) is -0.927. The zero-order valence-corrected chi connectivity index (χ0v) is 17.0. The number of hydrogen-bond acceptors (Lipinski definition) is 6. The van der Waals surface area contributed by atoms with Crippen LogP contribution in [0.5, 0.6) is 0 Å². The lowest BCUT2D eigenvalue weighted by atomic mass is 10.3. The Morgan fingerprint density at radius 3 is 2.31 bits per heavy atom. The third kappa shape index (κ3) is 4.11. The number of aryl methyl sites for hydroxylation is 3. The predicted molar refractivity (Wildman–Crippen MR) is 109 cm³/mol. The summed E-state index contributed by atoms with van der Waals surface area (Å²) in [5.74, 6) is -0.532. The van der Waals surface area contributed by atoms with Crippen LogP contribution in [0.1, 0.15) is 12.0 Å². The molecular formula is C19H20N4O5S. The Kier molecular flexibility index (Phi) is 5.38. The van der Waals surface area contributed by atoms with Gasteiger partial charge in [-0.05, 0) is 36.8 Å². The summed E-state index contributed by atoms with van der Waals surface area (Å²) in [6.45, 7) is 1.86. The van der Waals surface area contributed by atoms with Crippen molar-refractivity contribution in [2.24, 2.45) is 14.1 Å². The van der Waals surface area contributed by atoms with Crippen LogP contribution in [0.15, 0.2) is 51.0 Å². The second-order valence-corrected chi connectivity index (χ2v) is 8.83. The number of carbonyl (C=O) groups excluding carboxylic acids is 1. The Balaban J connectivity index is 1.83. The van der Waals surface area contributed by atoms with E-state index < -0.39 is 32.6 Å². The monoisotopic (exact) mass is 416 g/mol. The highest BCUT2D eigenvalue weighted by Crippen LogP contribution is 2.18. The highest BCUT2D eigenvalue weighted by Gasteiger charge is 2.19. The van der Waals surface area contributed by atoms with Gasteiger partial charge in [-0.15, -0.1) is 0 Å². The lowest BCUT2D eigenvalue weighted by Crippen LogP contribution is -2.39. The van der Waals surface area contributed by atoms with Crippen molar-refractivity contribution in [1.82, 2.24) is 14.1 Å². The van der Waals surface area contributed by atoms with E-state index >= 15 is 0 Å². The molecule has 0 aliphatic heterocycles. The standard InChI is InChI=1S/C19H20N4O5S/c1-12-4-7-16(20-11-12)21-17(24)8-9-29(27,28)13-5-6-14-15(10-13)23(3)19(26)18(25)22(14)2/h4-7,10-11H,8-9H2,1-3H3,(H,20,21,24). The molecule has 0 saturated heterocycles. The number of anilines is 1. The van der Waals surface area contributed by atoms with E-state index in [2.05, 4.69) is 10.3 Å². The van der Waals surface area contributed by atoms with E-state index in [0.29, 0.717) is 16.9 Å². The van der Waals surface area contributed by atoms with E-state index in [4.69, 9.17) is 0 Å². The number of nitrogens with one attached hydrogen (secondary N) is 1. The minimum Gasteiger partial charge on any atom is -0.311 e. The average Bonchev–Trinajstić information content (AvgIpc) is 2.70. The first-order chi connectivity index (χ1) is 13.6. The summed E-state index contributed by atoms with van der Waals surface area (Å²) < 4.78 is 27.6. The van der Waals surface area contributed by atoms with Crippen LogP contribution in [0.3, 0.4) is 0 Å². The van der Waals surface area contributed by atoms with Gasteiger partial charge in [-0.1, -0.05) is 6.07 Å². The van der Waals surface area contributed by atoms with Crippen LogP contribution in [-0.4, -0.2) is 34.2 Å². The Morgan fingerprint density at radius 1 is 1.03 bits per heavy atom. The molecule has 0 spiro atoms. The first-order valence-electron chi connectivity index (χ1n) is 8.75. The van der Waals surface area contributed by atoms with Gasteiger partial charge in [0.15, 0.2) is 9.84 Å². The van der Waals surface area contributed by atoms with Gasteiger partial charge in [0.1, 0.15) is 5.82 Å². The molecular weight excluding hydrogens is 396 g/mol. The van der Waals surface area contributed by atoms with Gasteiger partial charge in [-0.3, -0.25) is 14.4 Å². The summed E-state index contributed by atoms with van der Waals surface area (Å²) in [4.78, 5) is 40.0. The topological polar surface area (TPSA) is 120 Å². The smallest absolute Gasteiger partial charge is 0.311 e. The van der Waals surface area contributed by atoms with E-state index in [1.165, 1.54) is 36.9 Å². The van der Waals surface area contributed by atoms with Crippen LogP contribution in [0.25, 0.3) is 11.0 Å². The van der Waals surface area contributed by atoms with Crippen molar-refractivity contribution in [2.75, 3.05) is 11.1 Å². The molecule has 2 aromatic heterocycles. The van der Waals surface area contributed by atoms with E-state index in [-0.39, 0.29) is 11.3 Å². The Bertz CT molecular complexity index is 1320. The van der Waals surface area contributed by atoms with Gasteiger partial charge >= 0.3 is 11.1 Å². The van der Waals surface area contributed by atoms with Crippen molar-refractivity contribution in [3.63, 3.8) is 0 Å². The van der Waals surface area contributed by atoms with Crippen molar-refractivity contribution in [3.8, 4) is 0 Å². The molecule has 0 radical (unpaired) electrons. The first-order valence-corrected chi connectivity index (χ1v) is 10.4. The lowest BCUT2D eigenvalue weighted by Gasteiger charge is -2.11. The summed E-state index contributed by atoms with van der Waals surface area (Å²) >= 11 is 0. The van der Waals surface area contributed by atoms with Gasteiger partial charge < -0.3 is 14.5 Å². The van der Waals surface area contributed by atoms with Gasteiger partial charge in [0.25, 0.3) is 0 Å². The fourth-order valence-corrected chi connectivity index (χ4v) is 4.10. The number of nitrogens with zero attached hydrogens (tertiary/aromatic N) is 3. The van der Waals surface area contributed by atoms with Gasteiger partial charge in [0.05, 0.1) is 21.7 Å². The molecule has 2 heterocycles. The maximum absolute atomic E-state index is 12.7. The molecule has 1 amide bonds. The maximum Gasteiger partial charge on any atom is 0.316 e. The molecule has 3 rings (SSSR count). The summed E-state index contributed by atoms with van der Waals surface area (Å²) in [6.07, 6.45) is 1.35. The molecule has 1 N–H and O–H groups in total. The van der Waals surface area contributed by atoms with Crippen LogP contribution >= 0.6 is 0 Å². The van der Waals surface area contributed by atoms with Crippen molar-refractivity contribution in [1.29, 1.82) is 0 Å². The van der Waals surface area contributed by atoms with Gasteiger partial charge in [-0.25, -0.2) is 13.4 Å². The number of carbonyl (C=O) groups is 1. The van der Waals surface area contributed by atoms with Gasteiger partial charge in [0, 0.05) is 26.7 Å². The van der Waals surface area contributed by atoms with Crippen LogP contribution in [0.4, 0.5) is 5.82 Å². The number of sulfone groups is 1. The molecule has 0 unspecified atom stereocenters. The first kappa shape index (κ1) is 20.5. The molecule has 10 heteroatoms. The Labute approximate surface area is 166 Å². The number of benzene rings is 1. The van der Waals surface area contributed by atoms with Crippen LogP contribution < -0.4 is 16.4 Å². The average molecular weight is 416 g/mol. The molecule has 0 saturated carbocycles. The molecule has 29 heavy (non-hydrogen) atoms. The Morgan fingerprint density at radius 2 is 1.69 bits per heavy atom. The molecule has 0 aliphatic carbocycles. The normalized spacial score (nSPS) is 11.6. The lowest BCUT2D eigenvalue weighted by molar-refractivity contribution is -0.115. The number of rotatable bonds is 5. The number of amides is 1. The van der Waals surface area contributed by atoms with Crippen LogP contribution in [0.2, 0.25) is 0 Å². The van der Waals surface area contributed by atoms with Crippen molar-refractivity contribution in [3.05, 3.63) is 62.8 Å². The molecule has 9 nitrogen and oxygen atoms in total. The van der Waals surface area contributed by atoms with Gasteiger partial charge in [0.2, 0.25) is 5.91 Å². The van der Waals surface area contributed by atoms with E-state index in [1.54, 1.807) is 18.3 Å². The molecule has 0 aliphatic rings. The second-order valence-electron chi connectivity index (χ2n) is 6.72. The summed E-state index contributed by atoms with van der Waals surface area (Å²) in [5.41, 5.74) is 0.232. The number of hydrogen-bond donors (Lipinski definition) is 1. The van der Waals surface area contributed by atoms with E-state index in [9.17, 15) is 22.8 Å². The zero-order valence-electron chi connectivity index (χ0n) is 16.2. The molecule has 0 fully saturated rings. The highest BCUT2D eigenvalue weighted by atomic mass is 32.2. The van der Waals surface area contributed by atoms with Crippen molar-refractivity contribution in [2.45, 2.75) is 18.2 Å². The molecule has 3 aromatic rings. The van der Waals surface area contributed by atoms with Crippen LogP contribution in [0, 0.1) is 6.92 Å². The van der Waals surface area contributed by atoms with Crippen molar-refractivity contribution >= 4 is 32.6 Å². The molecule has 0 atom stereocenters. The van der Waals surface area contributed by atoms with Crippen molar-refractivity contribution < 1.29 is 13.2 Å². The molecule has 1 aromatic carbocycles. The fourth-order valence-electron chi connectivity index (χ4n) is 2.85. The number of aromatic nitrogens is 3. The fraction of sp³-hybridized carbons (Fsp3) is 0.263. The summed E-state index contributed by atoms with van der Waals surface area (Å²) in [6, 6.07) is 7.59. The van der Waals surface area contributed by atoms with Gasteiger partial charge in [-0.2, -0.15) is 0 Å². The maximum atomic E-state index is 12.7. The number of fused-ring (bicyclic) bond motifs is 1. The van der Waals surface area contributed by atoms with Crippen LogP contribution in [-0.2, 0) is 28.7 Å². The molecule has 0 bridgehead atoms. The third-order valence-corrected chi connectivity index (χ3v) is 6.31. The third-order valence-electron chi connectivity index (χ3n) is 4.60. The predicted octanol–water partition coefficient (Wildman–Crippen LogP) is 0.743. The van der Waals surface area contributed by atoms with E-state index in [1.807, 2.05) is 6.92 Å².